The number of pyridine rings is 1. The molecule has 0 radical (unpaired) electrons. The molecule has 4 aromatic rings. The third kappa shape index (κ3) is 3.07. The molecule has 0 bridgehead atoms. The molecule has 2 amide bonds. The molecule has 1 aromatic heterocycles. The first-order valence-electron chi connectivity index (χ1n) is 7.97. The lowest BCUT2D eigenvalue weighted by molar-refractivity contribution is 0.254. The Kier molecular flexibility index (Phi) is 3.88. The minimum atomic E-state index is -0.337. The van der Waals surface area contributed by atoms with E-state index < -0.39 is 0 Å². The van der Waals surface area contributed by atoms with Crippen molar-refractivity contribution in [2.75, 3.05) is 10.7 Å². The van der Waals surface area contributed by atoms with Gasteiger partial charge in [-0.1, -0.05) is 54.6 Å². The van der Waals surface area contributed by atoms with E-state index in [4.69, 9.17) is 0 Å². The smallest absolute Gasteiger partial charge is 0.307 e. The molecule has 1 heterocycles. The van der Waals surface area contributed by atoms with Crippen molar-refractivity contribution in [3.05, 3.63) is 78.9 Å². The Morgan fingerprint density at radius 1 is 0.720 bits per heavy atom. The third-order valence-electron chi connectivity index (χ3n) is 3.92. The molecule has 0 aliphatic rings. The highest BCUT2D eigenvalue weighted by molar-refractivity contribution is 6.07. The van der Waals surface area contributed by atoms with Crippen LogP contribution in [-0.2, 0) is 0 Å². The van der Waals surface area contributed by atoms with Crippen molar-refractivity contribution in [3.63, 3.8) is 0 Å². The molecule has 0 saturated carbocycles. The Morgan fingerprint density at radius 3 is 1.92 bits per heavy atom. The number of carbonyl (C=O) groups excluding carboxylic acids is 1. The van der Waals surface area contributed by atoms with Gasteiger partial charge < -0.3 is 5.32 Å². The van der Waals surface area contributed by atoms with Gasteiger partial charge in [0.25, 0.3) is 0 Å². The summed E-state index contributed by atoms with van der Waals surface area (Å²) in [6.07, 6.45) is 0. The maximum atomic E-state index is 12.2. The molecule has 5 nitrogen and oxygen atoms in total. The molecule has 0 saturated heterocycles. The summed E-state index contributed by atoms with van der Waals surface area (Å²) < 4.78 is 0. The maximum Gasteiger partial charge on any atom is 0.337 e. The summed E-state index contributed by atoms with van der Waals surface area (Å²) in [6, 6.07) is 24.6. The fourth-order valence-corrected chi connectivity index (χ4v) is 2.78. The summed E-state index contributed by atoms with van der Waals surface area (Å²) >= 11 is 0. The van der Waals surface area contributed by atoms with Crippen molar-refractivity contribution >= 4 is 39.2 Å². The largest absolute Gasteiger partial charge is 0.337 e. The van der Waals surface area contributed by atoms with Crippen LogP contribution in [-0.4, -0.2) is 11.0 Å². The van der Waals surface area contributed by atoms with Crippen molar-refractivity contribution in [1.29, 1.82) is 0 Å². The molecule has 25 heavy (non-hydrogen) atoms. The number of hydrogen-bond donors (Lipinski definition) is 3. The molecule has 3 N–H and O–H groups in total. The standard InChI is InChI=1S/C20H16N4O/c25-20(21-14-8-2-1-3-9-14)24-23-19-15-10-4-6-12-17(15)22-18-13-7-5-11-16(18)19/h1-13H,(H,22,23)(H2,21,24,25). The second-order valence-corrected chi connectivity index (χ2v) is 5.59. The molecular formula is C20H16N4O. The molecule has 0 aliphatic carbocycles. The lowest BCUT2D eigenvalue weighted by Gasteiger charge is -2.14. The van der Waals surface area contributed by atoms with E-state index in [0.717, 1.165) is 33.2 Å². The summed E-state index contributed by atoms with van der Waals surface area (Å²) in [6.45, 7) is 0. The monoisotopic (exact) mass is 328 g/mol. The summed E-state index contributed by atoms with van der Waals surface area (Å²) in [7, 11) is 0. The van der Waals surface area contributed by atoms with Crippen LogP contribution in [0.4, 0.5) is 16.2 Å². The van der Waals surface area contributed by atoms with Crippen LogP contribution < -0.4 is 16.2 Å². The number of nitrogens with zero attached hydrogens (tertiary/aromatic N) is 1. The van der Waals surface area contributed by atoms with Crippen LogP contribution in [0.3, 0.4) is 0 Å². The fourth-order valence-electron chi connectivity index (χ4n) is 2.78. The second-order valence-electron chi connectivity index (χ2n) is 5.59. The van der Waals surface area contributed by atoms with Gasteiger partial charge in [-0.3, -0.25) is 10.9 Å². The number of anilines is 2. The van der Waals surface area contributed by atoms with Gasteiger partial charge in [0.15, 0.2) is 0 Å². The average molecular weight is 328 g/mol. The number of nitrogens with one attached hydrogen (secondary N) is 3. The predicted molar refractivity (Wildman–Crippen MR) is 101 cm³/mol. The first kappa shape index (κ1) is 15.0. The minimum absolute atomic E-state index is 0.337. The third-order valence-corrected chi connectivity index (χ3v) is 3.92. The lowest BCUT2D eigenvalue weighted by atomic mass is 10.1. The van der Waals surface area contributed by atoms with Crippen molar-refractivity contribution in [2.45, 2.75) is 0 Å². The molecule has 0 fully saturated rings. The van der Waals surface area contributed by atoms with Crippen LogP contribution in [0.15, 0.2) is 78.9 Å². The zero-order valence-electron chi connectivity index (χ0n) is 13.4. The zero-order chi connectivity index (χ0) is 17.1. The number of carbonyl (C=O) groups is 1. The Bertz CT molecular complexity index is 993. The number of amides is 2. The van der Waals surface area contributed by atoms with E-state index in [1.54, 1.807) is 0 Å². The molecule has 3 aromatic carbocycles. The van der Waals surface area contributed by atoms with Crippen LogP contribution in [0.5, 0.6) is 0 Å². The van der Waals surface area contributed by atoms with E-state index >= 15 is 0 Å². The van der Waals surface area contributed by atoms with E-state index in [2.05, 4.69) is 21.2 Å². The summed E-state index contributed by atoms with van der Waals surface area (Å²) in [4.78, 5) is 16.8. The molecule has 4 rings (SSSR count). The molecular weight excluding hydrogens is 312 g/mol. The Balaban J connectivity index is 1.64. The molecule has 122 valence electrons. The Morgan fingerprint density at radius 2 is 1.28 bits per heavy atom. The number of fused-ring (bicyclic) bond motifs is 2. The van der Waals surface area contributed by atoms with Gasteiger partial charge in [-0.15, -0.1) is 0 Å². The first-order valence-corrected chi connectivity index (χ1v) is 7.97. The number of benzene rings is 3. The quantitative estimate of drug-likeness (QED) is 0.382. The highest BCUT2D eigenvalue weighted by Gasteiger charge is 2.09. The number of hydrazine groups is 1. The number of urea groups is 1. The van der Waals surface area contributed by atoms with E-state index in [1.807, 2.05) is 78.9 Å². The van der Waals surface area contributed by atoms with Crippen molar-refractivity contribution in [2.24, 2.45) is 0 Å². The normalized spacial score (nSPS) is 10.6. The van der Waals surface area contributed by atoms with Crippen LogP contribution in [0.1, 0.15) is 0 Å². The molecule has 0 spiro atoms. The first-order chi connectivity index (χ1) is 12.3. The van der Waals surface area contributed by atoms with Crippen molar-refractivity contribution < 1.29 is 4.79 Å². The van der Waals surface area contributed by atoms with Gasteiger partial charge in [0.1, 0.15) is 0 Å². The molecule has 0 atom stereocenters. The molecule has 5 heteroatoms. The number of aromatic nitrogens is 1. The van der Waals surface area contributed by atoms with Crippen molar-refractivity contribution in [3.8, 4) is 0 Å². The Hall–Kier alpha value is -3.60. The van der Waals surface area contributed by atoms with Gasteiger partial charge in [-0.2, -0.15) is 0 Å². The van der Waals surface area contributed by atoms with Crippen LogP contribution in [0.25, 0.3) is 21.8 Å². The highest BCUT2D eigenvalue weighted by atomic mass is 16.2. The van der Waals surface area contributed by atoms with Gasteiger partial charge >= 0.3 is 6.03 Å². The number of hydrogen-bond acceptors (Lipinski definition) is 3. The van der Waals surface area contributed by atoms with Gasteiger partial charge in [-0.05, 0) is 24.3 Å². The van der Waals surface area contributed by atoms with Crippen molar-refractivity contribution in [1.82, 2.24) is 10.4 Å². The maximum absolute atomic E-state index is 12.2. The predicted octanol–water partition coefficient (Wildman–Crippen LogP) is 4.54. The minimum Gasteiger partial charge on any atom is -0.307 e. The van der Waals surface area contributed by atoms with Gasteiger partial charge in [0.2, 0.25) is 0 Å². The number of rotatable bonds is 3. The summed E-state index contributed by atoms with van der Waals surface area (Å²) in [5.74, 6) is 0. The number of para-hydroxylation sites is 3. The zero-order valence-corrected chi connectivity index (χ0v) is 13.4. The Labute approximate surface area is 144 Å². The van der Waals surface area contributed by atoms with Gasteiger partial charge in [0.05, 0.1) is 16.7 Å². The van der Waals surface area contributed by atoms with Gasteiger partial charge in [-0.25, -0.2) is 9.78 Å². The van der Waals surface area contributed by atoms with Gasteiger partial charge in [0, 0.05) is 16.5 Å². The highest BCUT2D eigenvalue weighted by Crippen LogP contribution is 2.29. The van der Waals surface area contributed by atoms with E-state index in [0.29, 0.717) is 0 Å². The average Bonchev–Trinajstić information content (AvgIpc) is 2.66. The topological polar surface area (TPSA) is 66.0 Å². The SMILES string of the molecule is O=C(NNc1c2ccccc2nc2ccccc12)Nc1ccccc1. The fraction of sp³-hybridized carbons (Fsp3) is 0. The van der Waals surface area contributed by atoms with E-state index in [9.17, 15) is 4.79 Å². The molecule has 0 unspecified atom stereocenters. The molecule has 0 aliphatic heterocycles. The summed E-state index contributed by atoms with van der Waals surface area (Å²) in [5.41, 5.74) is 9.04. The van der Waals surface area contributed by atoms with Crippen LogP contribution in [0.2, 0.25) is 0 Å². The second kappa shape index (κ2) is 6.49. The lowest BCUT2D eigenvalue weighted by Crippen LogP contribution is -2.33. The van der Waals surface area contributed by atoms with E-state index in [-0.39, 0.29) is 6.03 Å². The van der Waals surface area contributed by atoms with E-state index in [1.165, 1.54) is 0 Å². The summed E-state index contributed by atoms with van der Waals surface area (Å²) in [5, 5.41) is 4.67. The van der Waals surface area contributed by atoms with Crippen LogP contribution >= 0.6 is 0 Å². The van der Waals surface area contributed by atoms with Crippen LogP contribution in [0, 0.1) is 0 Å².